The number of aromatic nitrogens is 2. The standard InChI is InChI=1S/C37H40Cl2N6O5S/c1-50-37-23(18-40-19-25-8-11-32(46)42-25)7-10-30(44-37)29-4-2-3-27(34(29)38)28-13-14-41-36(35(28)39)22-5-6-24-20-45(21-26-9-12-33(47)43-26)15-16-51(48,49)31(24)17-22/h2-7,10,13-14,17,25-26,40,48-49H,8-9,11-12,15-16,18-21H2,1H3,(H,42,46)(H,43,47). The Morgan fingerprint density at radius 1 is 0.961 bits per heavy atom. The molecule has 5 heterocycles. The number of hydrogen-bond acceptors (Lipinski definition) is 9. The number of amides is 2. The average molecular weight is 752 g/mol. The number of pyridine rings is 2. The molecule has 0 bridgehead atoms. The number of nitrogens with zero attached hydrogens (tertiary/aromatic N) is 3. The van der Waals surface area contributed by atoms with E-state index in [4.69, 9.17) is 32.9 Å². The van der Waals surface area contributed by atoms with Gasteiger partial charge in [-0.25, -0.2) is 4.98 Å². The predicted molar refractivity (Wildman–Crippen MR) is 200 cm³/mol. The summed E-state index contributed by atoms with van der Waals surface area (Å²) in [6.45, 7) is 2.89. The molecule has 0 saturated carbocycles. The van der Waals surface area contributed by atoms with Crippen molar-refractivity contribution in [2.75, 3.05) is 32.5 Å². The maximum absolute atomic E-state index is 11.7. The molecule has 0 radical (unpaired) electrons. The topological polar surface area (TPSA) is 149 Å². The van der Waals surface area contributed by atoms with Crippen molar-refractivity contribution < 1.29 is 23.4 Å². The molecule has 2 aromatic heterocycles. The molecule has 268 valence electrons. The monoisotopic (exact) mass is 750 g/mol. The summed E-state index contributed by atoms with van der Waals surface area (Å²) in [6, 6.07) is 17.1. The second kappa shape index (κ2) is 15.1. The second-order valence-electron chi connectivity index (χ2n) is 13.2. The van der Waals surface area contributed by atoms with Gasteiger partial charge in [-0.2, -0.15) is 10.6 Å². The number of hydrogen-bond donors (Lipinski definition) is 5. The summed E-state index contributed by atoms with van der Waals surface area (Å²) >= 11 is 14.2. The van der Waals surface area contributed by atoms with Crippen LogP contribution in [0.4, 0.5) is 0 Å². The molecule has 7 rings (SSSR count). The third-order valence-corrected chi connectivity index (χ3v) is 12.3. The summed E-state index contributed by atoms with van der Waals surface area (Å²) in [5, 5.41) is 10.2. The number of methoxy groups -OCH3 is 1. The van der Waals surface area contributed by atoms with Gasteiger partial charge in [-0.15, -0.1) is 0 Å². The van der Waals surface area contributed by atoms with Gasteiger partial charge in [0.2, 0.25) is 17.7 Å². The smallest absolute Gasteiger partial charge is 0.220 e. The van der Waals surface area contributed by atoms with E-state index in [1.54, 1.807) is 19.4 Å². The number of fused-ring (bicyclic) bond motifs is 1. The zero-order valence-electron chi connectivity index (χ0n) is 28.1. The normalized spacial score (nSPS) is 20.7. The summed E-state index contributed by atoms with van der Waals surface area (Å²) in [4.78, 5) is 35.3. The van der Waals surface area contributed by atoms with Crippen molar-refractivity contribution in [1.29, 1.82) is 0 Å². The molecule has 0 aliphatic carbocycles. The molecule has 51 heavy (non-hydrogen) atoms. The fourth-order valence-electron chi connectivity index (χ4n) is 7.04. The number of carbonyl (C=O) groups excluding carboxylic acids is 2. The summed E-state index contributed by atoms with van der Waals surface area (Å²) in [5.74, 6) is 0.824. The first-order valence-electron chi connectivity index (χ1n) is 17.0. The summed E-state index contributed by atoms with van der Waals surface area (Å²) in [5.41, 5.74) is 5.58. The van der Waals surface area contributed by atoms with E-state index in [-0.39, 0.29) is 29.7 Å². The maximum atomic E-state index is 11.7. The first-order chi connectivity index (χ1) is 24.6. The van der Waals surface area contributed by atoms with Gasteiger partial charge in [-0.05, 0) is 36.6 Å². The van der Waals surface area contributed by atoms with Crippen LogP contribution in [0.15, 0.2) is 65.7 Å². The highest BCUT2D eigenvalue weighted by Crippen LogP contribution is 2.52. The average Bonchev–Trinajstić information content (AvgIpc) is 3.71. The largest absolute Gasteiger partial charge is 0.481 e. The molecule has 3 aliphatic heterocycles. The molecule has 2 saturated heterocycles. The van der Waals surface area contributed by atoms with E-state index in [0.717, 1.165) is 24.0 Å². The third kappa shape index (κ3) is 7.73. The lowest BCUT2D eigenvalue weighted by Gasteiger charge is -2.32. The van der Waals surface area contributed by atoms with Gasteiger partial charge in [-0.3, -0.25) is 28.6 Å². The predicted octanol–water partition coefficient (Wildman–Crippen LogP) is 6.36. The molecule has 11 nitrogen and oxygen atoms in total. The van der Waals surface area contributed by atoms with E-state index < -0.39 is 10.6 Å². The first kappa shape index (κ1) is 35.6. The maximum Gasteiger partial charge on any atom is 0.220 e. The summed E-state index contributed by atoms with van der Waals surface area (Å²) in [6.07, 6.45) is 4.35. The van der Waals surface area contributed by atoms with Crippen LogP contribution in [0, 0.1) is 0 Å². The quantitative estimate of drug-likeness (QED) is 0.125. The zero-order chi connectivity index (χ0) is 35.7. The molecule has 14 heteroatoms. The molecular formula is C37H40Cl2N6O5S. The van der Waals surface area contributed by atoms with Gasteiger partial charge >= 0.3 is 0 Å². The van der Waals surface area contributed by atoms with Crippen molar-refractivity contribution in [3.63, 3.8) is 0 Å². The molecule has 2 amide bonds. The second-order valence-corrected chi connectivity index (χ2v) is 16.2. The fourth-order valence-corrected chi connectivity index (χ4v) is 9.29. The Balaban J connectivity index is 1.13. The van der Waals surface area contributed by atoms with Crippen LogP contribution in [0.1, 0.15) is 36.8 Å². The van der Waals surface area contributed by atoms with E-state index in [0.29, 0.717) is 100 Å². The van der Waals surface area contributed by atoms with E-state index in [2.05, 4.69) is 25.8 Å². The van der Waals surface area contributed by atoms with Crippen LogP contribution in [0.3, 0.4) is 0 Å². The zero-order valence-corrected chi connectivity index (χ0v) is 30.5. The molecule has 3 aliphatic rings. The molecule has 5 N–H and O–H groups in total. The Bertz CT molecular complexity index is 1980. The van der Waals surface area contributed by atoms with Crippen molar-refractivity contribution in [1.82, 2.24) is 30.8 Å². The van der Waals surface area contributed by atoms with Crippen LogP contribution in [0.5, 0.6) is 5.88 Å². The van der Waals surface area contributed by atoms with Crippen molar-refractivity contribution in [2.24, 2.45) is 0 Å². The fraction of sp³-hybridized carbons (Fsp3) is 0.351. The molecular weight excluding hydrogens is 711 g/mol. The van der Waals surface area contributed by atoms with Gasteiger partial charge in [0, 0.05) is 91.7 Å². The molecule has 2 aromatic carbocycles. The van der Waals surface area contributed by atoms with Crippen LogP contribution in [0.25, 0.3) is 33.6 Å². The van der Waals surface area contributed by atoms with Gasteiger partial charge in [0.1, 0.15) is 0 Å². The van der Waals surface area contributed by atoms with Gasteiger partial charge in [-0.1, -0.05) is 59.6 Å². The summed E-state index contributed by atoms with van der Waals surface area (Å²) in [7, 11) is -1.50. The Morgan fingerprint density at radius 2 is 1.71 bits per heavy atom. The number of benzene rings is 2. The summed E-state index contributed by atoms with van der Waals surface area (Å²) < 4.78 is 28.2. The van der Waals surface area contributed by atoms with Gasteiger partial charge in [0.25, 0.3) is 0 Å². The Kier molecular flexibility index (Phi) is 10.5. The van der Waals surface area contributed by atoms with Crippen LogP contribution in [-0.4, -0.2) is 80.4 Å². The van der Waals surface area contributed by atoms with Gasteiger partial charge < -0.3 is 20.7 Å². The highest BCUT2D eigenvalue weighted by Gasteiger charge is 2.30. The van der Waals surface area contributed by atoms with Crippen LogP contribution >= 0.6 is 33.8 Å². The lowest BCUT2D eigenvalue weighted by Crippen LogP contribution is -2.39. The minimum absolute atomic E-state index is 0.0624. The highest BCUT2D eigenvalue weighted by molar-refractivity contribution is 8.24. The molecule has 4 aromatic rings. The van der Waals surface area contributed by atoms with E-state index in [1.165, 1.54) is 0 Å². The SMILES string of the molecule is COc1nc(-c2cccc(-c3ccnc(-c4ccc5c(c4)S(O)(O)CCN(CC4CCC(=O)N4)C5)c3Cl)c2Cl)ccc1CNCC1CCC(=O)N1. The number of ether oxygens (including phenoxy) is 1. The van der Waals surface area contributed by atoms with Gasteiger partial charge in [0.15, 0.2) is 0 Å². The minimum Gasteiger partial charge on any atom is -0.481 e. The number of carbonyl (C=O) groups is 2. The molecule has 2 fully saturated rings. The van der Waals surface area contributed by atoms with E-state index >= 15 is 0 Å². The number of rotatable bonds is 10. The Morgan fingerprint density at radius 3 is 2.45 bits per heavy atom. The van der Waals surface area contributed by atoms with Crippen molar-refractivity contribution in [2.45, 2.75) is 55.8 Å². The lowest BCUT2D eigenvalue weighted by atomic mass is 9.99. The number of nitrogens with one attached hydrogen (secondary N) is 3. The van der Waals surface area contributed by atoms with Crippen LogP contribution in [0.2, 0.25) is 10.0 Å². The van der Waals surface area contributed by atoms with E-state index in [9.17, 15) is 18.7 Å². The molecule has 0 spiro atoms. The van der Waals surface area contributed by atoms with Crippen molar-refractivity contribution in [3.8, 4) is 39.5 Å². The van der Waals surface area contributed by atoms with Gasteiger partial charge in [0.05, 0.1) is 39.2 Å². The lowest BCUT2D eigenvalue weighted by molar-refractivity contribution is -0.120. The minimum atomic E-state index is -3.08. The first-order valence-corrected chi connectivity index (χ1v) is 19.5. The van der Waals surface area contributed by atoms with Crippen LogP contribution < -0.4 is 20.7 Å². The van der Waals surface area contributed by atoms with Crippen LogP contribution in [-0.2, 0) is 22.7 Å². The van der Waals surface area contributed by atoms with Crippen molar-refractivity contribution >= 4 is 45.6 Å². The Labute approximate surface area is 308 Å². The third-order valence-electron chi connectivity index (χ3n) is 9.72. The van der Waals surface area contributed by atoms with E-state index in [1.807, 2.05) is 48.5 Å². The van der Waals surface area contributed by atoms with Crippen molar-refractivity contribution in [3.05, 3.63) is 82.0 Å². The molecule has 2 atom stereocenters. The number of halogens is 2. The Hall–Kier alpha value is -3.75. The molecule has 2 unspecified atom stereocenters. The highest BCUT2D eigenvalue weighted by atomic mass is 35.5.